The second-order valence-electron chi connectivity index (χ2n) is 7.59. The maximum atomic E-state index is 6.07. The van der Waals surface area contributed by atoms with Gasteiger partial charge in [-0.05, 0) is 63.7 Å². The largest absolute Gasteiger partial charge is 0.494 e. The number of hydrogen-bond acceptors (Lipinski definition) is 3. The van der Waals surface area contributed by atoms with E-state index in [1.165, 1.54) is 5.56 Å². The van der Waals surface area contributed by atoms with Gasteiger partial charge in [0.25, 0.3) is 0 Å². The average Bonchev–Trinajstić information content (AvgIpc) is 2.81. The number of benzene rings is 2. The third-order valence-electron chi connectivity index (χ3n) is 5.13. The molecule has 3 rings (SSSR count). The lowest BCUT2D eigenvalue weighted by atomic mass is 9.79. The van der Waals surface area contributed by atoms with Gasteiger partial charge in [-0.25, -0.2) is 0 Å². The molecule has 2 aromatic rings. The van der Waals surface area contributed by atoms with E-state index in [9.17, 15) is 0 Å². The Balaban J connectivity index is 0.00000243. The highest BCUT2D eigenvalue weighted by Gasteiger charge is 2.51. The first kappa shape index (κ1) is 20.5. The first-order chi connectivity index (χ1) is 11.9. The molecule has 4 heteroatoms. The molecule has 0 unspecified atom stereocenters. The predicted octanol–water partition coefficient (Wildman–Crippen LogP) is 4.63. The van der Waals surface area contributed by atoms with Crippen LogP contribution in [0.5, 0.6) is 5.75 Å². The van der Waals surface area contributed by atoms with Gasteiger partial charge in [-0.1, -0.05) is 49.9 Å². The summed E-state index contributed by atoms with van der Waals surface area (Å²) in [6, 6.07) is 18.5. The van der Waals surface area contributed by atoms with E-state index >= 15 is 0 Å². The van der Waals surface area contributed by atoms with Crippen LogP contribution in [0.3, 0.4) is 0 Å². The summed E-state index contributed by atoms with van der Waals surface area (Å²) < 4.78 is 18.0. The Morgan fingerprint density at radius 2 is 1.42 bits per heavy atom. The smallest absolute Gasteiger partial charge is 0.494 e. The first-order valence-electron chi connectivity index (χ1n) is 9.00. The highest BCUT2D eigenvalue weighted by Crippen LogP contribution is 2.36. The van der Waals surface area contributed by atoms with E-state index in [0.29, 0.717) is 6.61 Å². The minimum atomic E-state index is -0.322. The van der Waals surface area contributed by atoms with Crippen molar-refractivity contribution in [3.8, 4) is 5.75 Å². The van der Waals surface area contributed by atoms with Gasteiger partial charge in [0.1, 0.15) is 5.75 Å². The Labute approximate surface area is 158 Å². The van der Waals surface area contributed by atoms with E-state index in [2.05, 4.69) is 52.0 Å². The highest BCUT2D eigenvalue weighted by molar-refractivity contribution is 6.62. The fourth-order valence-electron chi connectivity index (χ4n) is 2.81. The molecule has 0 saturated carbocycles. The maximum absolute atomic E-state index is 6.07. The Morgan fingerprint density at radius 3 is 2.00 bits per heavy atom. The molecule has 0 radical (unpaired) electrons. The van der Waals surface area contributed by atoms with Crippen molar-refractivity contribution < 1.29 is 14.0 Å². The fourth-order valence-corrected chi connectivity index (χ4v) is 2.81. The van der Waals surface area contributed by atoms with Crippen molar-refractivity contribution in [2.75, 3.05) is 6.61 Å². The summed E-state index contributed by atoms with van der Waals surface area (Å²) in [6.07, 6.45) is 2.04. The minimum Gasteiger partial charge on any atom is -0.494 e. The van der Waals surface area contributed by atoms with Crippen molar-refractivity contribution in [1.29, 1.82) is 0 Å². The molecule has 0 spiro atoms. The van der Waals surface area contributed by atoms with E-state index in [-0.39, 0.29) is 25.7 Å². The lowest BCUT2D eigenvalue weighted by Crippen LogP contribution is -2.41. The summed E-state index contributed by atoms with van der Waals surface area (Å²) in [6.45, 7) is 8.98. The molecule has 0 aromatic heterocycles. The molecule has 1 aliphatic rings. The normalized spacial score (nSPS) is 17.6. The molecule has 1 fully saturated rings. The van der Waals surface area contributed by atoms with Gasteiger partial charge >= 0.3 is 7.12 Å². The summed E-state index contributed by atoms with van der Waals surface area (Å²) in [5, 5.41) is 0. The maximum Gasteiger partial charge on any atom is 0.494 e. The molecule has 140 valence electrons. The van der Waals surface area contributed by atoms with E-state index in [4.69, 9.17) is 14.0 Å². The third kappa shape index (κ3) is 4.69. The molecule has 2 aromatic carbocycles. The molecule has 1 heterocycles. The van der Waals surface area contributed by atoms with E-state index < -0.39 is 0 Å². The van der Waals surface area contributed by atoms with E-state index in [1.54, 1.807) is 0 Å². The highest BCUT2D eigenvalue weighted by atomic mass is 16.7. The Kier molecular flexibility index (Phi) is 6.54. The van der Waals surface area contributed by atoms with Crippen LogP contribution in [0.4, 0.5) is 0 Å². The van der Waals surface area contributed by atoms with E-state index in [1.807, 2.05) is 30.3 Å². The number of aryl methyl sites for hydroxylation is 1. The standard InChI is InChI=1S/C21H27BO3.CH4/c1-20(2)21(3,4)25-22(24-20)18-12-14-19(15-13-18)23-16-8-11-17-9-6-5-7-10-17;/h5-7,9-10,12-15H,8,11,16H2,1-4H3;1H4. The molecule has 26 heavy (non-hydrogen) atoms. The van der Waals surface area contributed by atoms with E-state index in [0.717, 1.165) is 24.1 Å². The van der Waals surface area contributed by atoms with Gasteiger partial charge in [-0.3, -0.25) is 0 Å². The van der Waals surface area contributed by atoms with Crippen LogP contribution in [0.25, 0.3) is 0 Å². The summed E-state index contributed by atoms with van der Waals surface area (Å²) in [4.78, 5) is 0. The second kappa shape index (κ2) is 8.28. The minimum absolute atomic E-state index is 0. The van der Waals surface area contributed by atoms with Crippen LogP contribution in [0, 0.1) is 0 Å². The summed E-state index contributed by atoms with van der Waals surface area (Å²) in [5.41, 5.74) is 1.74. The molecule has 0 amide bonds. The second-order valence-corrected chi connectivity index (χ2v) is 7.59. The SMILES string of the molecule is C.CC1(C)OB(c2ccc(OCCCc3ccccc3)cc2)OC1(C)C. The lowest BCUT2D eigenvalue weighted by Gasteiger charge is -2.32. The van der Waals surface area contributed by atoms with Gasteiger partial charge in [0.05, 0.1) is 17.8 Å². The van der Waals surface area contributed by atoms with Crippen molar-refractivity contribution >= 4 is 12.6 Å². The van der Waals surface area contributed by atoms with Gasteiger partial charge in [0, 0.05) is 0 Å². The molecule has 1 saturated heterocycles. The molecule has 0 aliphatic carbocycles. The van der Waals surface area contributed by atoms with Crippen molar-refractivity contribution in [2.45, 2.75) is 59.2 Å². The van der Waals surface area contributed by atoms with Crippen molar-refractivity contribution in [1.82, 2.24) is 0 Å². The van der Waals surface area contributed by atoms with Gasteiger partial charge in [0.2, 0.25) is 0 Å². The molecule has 1 aliphatic heterocycles. The van der Waals surface area contributed by atoms with Crippen LogP contribution in [0.15, 0.2) is 54.6 Å². The van der Waals surface area contributed by atoms with Crippen LogP contribution in [-0.2, 0) is 15.7 Å². The fraction of sp³-hybridized carbons (Fsp3) is 0.455. The Bertz CT molecular complexity index is 664. The number of ether oxygens (including phenoxy) is 1. The van der Waals surface area contributed by atoms with Crippen LogP contribution in [0.2, 0.25) is 0 Å². The van der Waals surface area contributed by atoms with Crippen LogP contribution in [-0.4, -0.2) is 24.9 Å². The monoisotopic (exact) mass is 354 g/mol. The van der Waals surface area contributed by atoms with Crippen molar-refractivity contribution in [2.24, 2.45) is 0 Å². The molecule has 0 atom stereocenters. The van der Waals surface area contributed by atoms with Crippen LogP contribution < -0.4 is 10.2 Å². The predicted molar refractivity (Wildman–Crippen MR) is 109 cm³/mol. The van der Waals surface area contributed by atoms with Gasteiger partial charge in [-0.15, -0.1) is 0 Å². The third-order valence-corrected chi connectivity index (χ3v) is 5.13. The molecular weight excluding hydrogens is 323 g/mol. The van der Waals surface area contributed by atoms with Crippen LogP contribution in [0.1, 0.15) is 47.1 Å². The van der Waals surface area contributed by atoms with Gasteiger partial charge in [0.15, 0.2) is 0 Å². The average molecular weight is 354 g/mol. The summed E-state index contributed by atoms with van der Waals surface area (Å²) >= 11 is 0. The summed E-state index contributed by atoms with van der Waals surface area (Å²) in [5.74, 6) is 0.883. The lowest BCUT2D eigenvalue weighted by molar-refractivity contribution is 0.00578. The Morgan fingerprint density at radius 1 is 0.846 bits per heavy atom. The summed E-state index contributed by atoms with van der Waals surface area (Å²) in [7, 11) is -0.322. The van der Waals surface area contributed by atoms with Crippen molar-refractivity contribution in [3.05, 3.63) is 60.2 Å². The zero-order chi connectivity index (χ0) is 17.9. The molecule has 0 bridgehead atoms. The molecular formula is C22H31BO3. The van der Waals surface area contributed by atoms with Crippen LogP contribution >= 0.6 is 0 Å². The van der Waals surface area contributed by atoms with Gasteiger partial charge < -0.3 is 14.0 Å². The molecule has 3 nitrogen and oxygen atoms in total. The first-order valence-corrected chi connectivity index (χ1v) is 9.00. The zero-order valence-corrected chi connectivity index (χ0v) is 15.6. The zero-order valence-electron chi connectivity index (χ0n) is 15.6. The van der Waals surface area contributed by atoms with Gasteiger partial charge in [-0.2, -0.15) is 0 Å². The number of rotatable bonds is 6. The van der Waals surface area contributed by atoms with Crippen molar-refractivity contribution in [3.63, 3.8) is 0 Å². The number of hydrogen-bond donors (Lipinski definition) is 0. The quantitative estimate of drug-likeness (QED) is 0.559. The molecule has 0 N–H and O–H groups in total. The topological polar surface area (TPSA) is 27.7 Å². The Hall–Kier alpha value is -1.78.